The maximum absolute atomic E-state index is 6.77. The van der Waals surface area contributed by atoms with Gasteiger partial charge in [0.2, 0.25) is 0 Å². The molecule has 58 heavy (non-hydrogen) atoms. The zero-order valence-corrected chi connectivity index (χ0v) is 31.3. The van der Waals surface area contributed by atoms with Gasteiger partial charge in [-0.1, -0.05) is 140 Å². The minimum Gasteiger partial charge on any atom is -0.456 e. The second kappa shape index (κ2) is 12.9. The highest BCUT2D eigenvalue weighted by molar-refractivity contribution is 6.13. The van der Waals surface area contributed by atoms with E-state index in [0.717, 1.165) is 88.8 Å². The third-order valence-corrected chi connectivity index (χ3v) is 11.6. The Morgan fingerprint density at radius 1 is 0.345 bits per heavy atom. The Labute approximate surface area is 334 Å². The lowest BCUT2D eigenvalue weighted by Gasteiger charge is -2.28. The van der Waals surface area contributed by atoms with Crippen LogP contribution in [0.5, 0.6) is 0 Å². The smallest absolute Gasteiger partial charge is 0.159 e. The lowest BCUT2D eigenvalue weighted by Crippen LogP contribution is -2.11. The molecule has 4 heteroatoms. The maximum atomic E-state index is 6.77. The molecule has 12 rings (SSSR count). The van der Waals surface area contributed by atoms with Crippen LogP contribution in [0.4, 0.5) is 17.1 Å². The molecule has 0 fully saturated rings. The summed E-state index contributed by atoms with van der Waals surface area (Å²) in [6.45, 7) is 0. The number of nitrogens with zero attached hydrogens (tertiary/aromatic N) is 2. The first-order chi connectivity index (χ1) is 28.8. The van der Waals surface area contributed by atoms with E-state index in [4.69, 9.17) is 8.83 Å². The van der Waals surface area contributed by atoms with E-state index in [9.17, 15) is 0 Å². The molecule has 9 aromatic carbocycles. The Morgan fingerprint density at radius 2 is 0.948 bits per heavy atom. The number of benzene rings is 9. The third kappa shape index (κ3) is 5.02. The van der Waals surface area contributed by atoms with Crippen LogP contribution in [0, 0.1) is 0 Å². The molecule has 0 aliphatic carbocycles. The summed E-state index contributed by atoms with van der Waals surface area (Å²) in [5.74, 6) is 0. The van der Waals surface area contributed by atoms with Crippen LogP contribution in [0.3, 0.4) is 0 Å². The van der Waals surface area contributed by atoms with Crippen LogP contribution in [0.1, 0.15) is 0 Å². The molecule has 0 spiro atoms. The van der Waals surface area contributed by atoms with E-state index >= 15 is 0 Å². The van der Waals surface area contributed by atoms with Crippen molar-refractivity contribution in [1.29, 1.82) is 0 Å². The molecule has 0 unspecified atom stereocenters. The van der Waals surface area contributed by atoms with Gasteiger partial charge in [0.15, 0.2) is 5.58 Å². The Morgan fingerprint density at radius 3 is 1.79 bits per heavy atom. The molecule has 0 saturated heterocycles. The highest BCUT2D eigenvalue weighted by atomic mass is 16.3. The molecule has 0 saturated carbocycles. The predicted octanol–water partition coefficient (Wildman–Crippen LogP) is 15.4. The number of hydrogen-bond acceptors (Lipinski definition) is 3. The van der Waals surface area contributed by atoms with Crippen molar-refractivity contribution in [3.05, 3.63) is 206 Å². The number of furan rings is 2. The third-order valence-electron chi connectivity index (χ3n) is 11.6. The average Bonchev–Trinajstić information content (AvgIpc) is 3.97. The van der Waals surface area contributed by atoms with Gasteiger partial charge in [-0.15, -0.1) is 0 Å². The van der Waals surface area contributed by atoms with E-state index in [1.165, 1.54) is 21.9 Å². The zero-order chi connectivity index (χ0) is 38.2. The molecule has 0 amide bonds. The summed E-state index contributed by atoms with van der Waals surface area (Å²) < 4.78 is 15.4. The van der Waals surface area contributed by atoms with E-state index in [1.807, 2.05) is 18.2 Å². The normalized spacial score (nSPS) is 11.8. The standard InChI is InChI=1S/C54H34N2O2/c1-2-13-35(14-3-1)36-25-28-38(29-26-36)55-48-21-9-5-16-41(48)42-31-30-39(34-50(42)55)56(49-22-12-19-45-43-17-6-11-24-52(43)58-54(45)49)47-20-8-4-15-40(47)37-27-32-53-46(33-37)44-18-7-10-23-51(44)57-53/h1-34H. The SMILES string of the molecule is c1ccc(-c2ccc(-n3c4ccccc4c4ccc(N(c5ccccc5-c5ccc6oc7ccccc7c6c5)c5cccc6c5oc5ccccc56)cc43)cc2)cc1. The molecule has 0 N–H and O–H groups in total. The van der Waals surface area contributed by atoms with Crippen molar-refractivity contribution in [2.24, 2.45) is 0 Å². The van der Waals surface area contributed by atoms with Crippen LogP contribution < -0.4 is 4.90 Å². The van der Waals surface area contributed by atoms with Crippen molar-refractivity contribution in [3.8, 4) is 27.9 Å². The topological polar surface area (TPSA) is 34.5 Å². The summed E-state index contributed by atoms with van der Waals surface area (Å²) in [5, 5.41) is 6.78. The summed E-state index contributed by atoms with van der Waals surface area (Å²) in [6, 6.07) is 73.3. The molecule has 0 radical (unpaired) electrons. The molecule has 3 heterocycles. The Hall–Kier alpha value is -7.82. The molecule has 0 aliphatic rings. The summed E-state index contributed by atoms with van der Waals surface area (Å²) in [7, 11) is 0. The monoisotopic (exact) mass is 742 g/mol. The van der Waals surface area contributed by atoms with Gasteiger partial charge in [0, 0.05) is 49.3 Å². The van der Waals surface area contributed by atoms with Gasteiger partial charge in [-0.05, 0) is 83.4 Å². The summed E-state index contributed by atoms with van der Waals surface area (Å²) in [6.07, 6.45) is 0. The van der Waals surface area contributed by atoms with Gasteiger partial charge < -0.3 is 18.3 Å². The first-order valence-electron chi connectivity index (χ1n) is 19.7. The number of rotatable bonds is 6. The van der Waals surface area contributed by atoms with E-state index in [-0.39, 0.29) is 0 Å². The lowest BCUT2D eigenvalue weighted by atomic mass is 9.99. The van der Waals surface area contributed by atoms with E-state index in [1.54, 1.807) is 0 Å². The van der Waals surface area contributed by atoms with E-state index in [2.05, 4.69) is 198 Å². The average molecular weight is 743 g/mol. The van der Waals surface area contributed by atoms with Crippen molar-refractivity contribution < 1.29 is 8.83 Å². The van der Waals surface area contributed by atoms with Crippen LogP contribution in [0.25, 0.3) is 93.6 Å². The maximum Gasteiger partial charge on any atom is 0.159 e. The fourth-order valence-corrected chi connectivity index (χ4v) is 8.93. The van der Waals surface area contributed by atoms with E-state index in [0.29, 0.717) is 0 Å². The van der Waals surface area contributed by atoms with Gasteiger partial charge >= 0.3 is 0 Å². The minimum absolute atomic E-state index is 0.840. The van der Waals surface area contributed by atoms with Crippen molar-refractivity contribution in [3.63, 3.8) is 0 Å². The fourth-order valence-electron chi connectivity index (χ4n) is 8.93. The molecule has 12 aromatic rings. The Kier molecular flexibility index (Phi) is 7.20. The highest BCUT2D eigenvalue weighted by Crippen LogP contribution is 2.47. The van der Waals surface area contributed by atoms with Crippen molar-refractivity contribution in [1.82, 2.24) is 4.57 Å². The molecular weight excluding hydrogens is 709 g/mol. The molecule has 4 nitrogen and oxygen atoms in total. The second-order valence-corrected chi connectivity index (χ2v) is 14.9. The first-order valence-corrected chi connectivity index (χ1v) is 19.7. The molecule has 0 aliphatic heterocycles. The minimum atomic E-state index is 0.840. The molecular formula is C54H34N2O2. The predicted molar refractivity (Wildman–Crippen MR) is 241 cm³/mol. The summed E-state index contributed by atoms with van der Waals surface area (Å²) >= 11 is 0. The molecule has 0 atom stereocenters. The molecule has 3 aromatic heterocycles. The fraction of sp³-hybridized carbons (Fsp3) is 0. The zero-order valence-electron chi connectivity index (χ0n) is 31.3. The van der Waals surface area contributed by atoms with Gasteiger partial charge in [-0.3, -0.25) is 0 Å². The van der Waals surface area contributed by atoms with E-state index < -0.39 is 0 Å². The largest absolute Gasteiger partial charge is 0.456 e. The highest BCUT2D eigenvalue weighted by Gasteiger charge is 2.24. The summed E-state index contributed by atoms with van der Waals surface area (Å²) in [4.78, 5) is 2.37. The van der Waals surface area contributed by atoms with Crippen LogP contribution >= 0.6 is 0 Å². The van der Waals surface area contributed by atoms with Crippen molar-refractivity contribution >= 4 is 82.7 Å². The molecule has 0 bridgehead atoms. The lowest BCUT2D eigenvalue weighted by molar-refractivity contribution is 0.668. The van der Waals surface area contributed by atoms with Gasteiger partial charge in [-0.25, -0.2) is 0 Å². The van der Waals surface area contributed by atoms with Crippen LogP contribution in [0.2, 0.25) is 0 Å². The Bertz CT molecular complexity index is 3520. The summed E-state index contributed by atoms with van der Waals surface area (Å²) in [5.41, 5.74) is 14.5. The van der Waals surface area contributed by atoms with Gasteiger partial charge in [0.25, 0.3) is 0 Å². The van der Waals surface area contributed by atoms with Crippen molar-refractivity contribution in [2.45, 2.75) is 0 Å². The Balaban J connectivity index is 1.11. The molecule has 272 valence electrons. The number of aromatic nitrogens is 1. The second-order valence-electron chi connectivity index (χ2n) is 14.9. The number of fused-ring (bicyclic) bond motifs is 9. The van der Waals surface area contributed by atoms with Gasteiger partial charge in [0.05, 0.1) is 22.4 Å². The first kappa shape index (κ1) is 32.4. The number of hydrogen-bond donors (Lipinski definition) is 0. The van der Waals surface area contributed by atoms with Crippen LogP contribution in [0.15, 0.2) is 215 Å². The van der Waals surface area contributed by atoms with Crippen LogP contribution in [-0.4, -0.2) is 4.57 Å². The number of anilines is 3. The quantitative estimate of drug-likeness (QED) is 0.170. The van der Waals surface area contributed by atoms with Gasteiger partial charge in [-0.2, -0.15) is 0 Å². The number of para-hydroxylation sites is 5. The van der Waals surface area contributed by atoms with Gasteiger partial charge in [0.1, 0.15) is 16.7 Å². The van der Waals surface area contributed by atoms with Crippen LogP contribution in [-0.2, 0) is 0 Å². The van der Waals surface area contributed by atoms with Crippen molar-refractivity contribution in [2.75, 3.05) is 4.90 Å².